The highest BCUT2D eigenvalue weighted by atomic mass is 16.5. The van der Waals surface area contributed by atoms with E-state index < -0.39 is 18.1 Å². The zero-order valence-electron chi connectivity index (χ0n) is 20.5. The molecule has 0 unspecified atom stereocenters. The predicted octanol–water partition coefficient (Wildman–Crippen LogP) is 2.79. The van der Waals surface area contributed by atoms with E-state index in [4.69, 9.17) is 11.2 Å². The smallest absolute Gasteiger partial charge is 0.407 e. The van der Waals surface area contributed by atoms with E-state index in [1.807, 2.05) is 48.5 Å². The van der Waals surface area contributed by atoms with Crippen molar-refractivity contribution < 1.29 is 29.0 Å². The van der Waals surface area contributed by atoms with Gasteiger partial charge in [0.1, 0.15) is 12.6 Å². The number of ether oxygens (including phenoxy) is 1. The molecule has 194 valence electrons. The number of hydrogen-bond acceptors (Lipinski definition) is 5. The van der Waals surface area contributed by atoms with Gasteiger partial charge in [0.05, 0.1) is 6.54 Å². The summed E-state index contributed by atoms with van der Waals surface area (Å²) < 4.78 is 5.44. The largest absolute Gasteiger partial charge is 0.480 e. The molecule has 4 N–H and O–H groups in total. The molecular weight excluding hydrogens is 474 g/mol. The number of alkyl carbamates (subject to hydrolysis) is 1. The average molecular weight is 506 g/mol. The first-order valence-electron chi connectivity index (χ1n) is 12.2. The molecule has 0 aromatic heterocycles. The lowest BCUT2D eigenvalue weighted by Crippen LogP contribution is -2.41. The van der Waals surface area contributed by atoms with E-state index in [0.717, 1.165) is 22.3 Å². The Morgan fingerprint density at radius 3 is 2.11 bits per heavy atom. The molecule has 1 atom stereocenters. The van der Waals surface area contributed by atoms with Crippen LogP contribution in [0.15, 0.2) is 48.5 Å². The number of nitrogens with one attached hydrogen (secondary N) is 3. The van der Waals surface area contributed by atoms with E-state index in [0.29, 0.717) is 19.4 Å². The number of carbonyl (C=O) groups is 4. The third-order valence-electron chi connectivity index (χ3n) is 6.14. The molecule has 0 radical (unpaired) electrons. The monoisotopic (exact) mass is 505 g/mol. The lowest BCUT2D eigenvalue weighted by Gasteiger charge is -2.17. The van der Waals surface area contributed by atoms with Crippen molar-refractivity contribution in [3.8, 4) is 23.5 Å². The summed E-state index contributed by atoms with van der Waals surface area (Å²) >= 11 is 0. The van der Waals surface area contributed by atoms with Crippen LogP contribution >= 0.6 is 0 Å². The number of benzene rings is 2. The number of amides is 3. The van der Waals surface area contributed by atoms with E-state index in [1.54, 1.807) is 0 Å². The first-order valence-corrected chi connectivity index (χ1v) is 12.2. The van der Waals surface area contributed by atoms with Crippen LogP contribution in [0.2, 0.25) is 0 Å². The number of unbranched alkanes of at least 4 members (excludes halogenated alkanes) is 1. The minimum Gasteiger partial charge on any atom is -0.480 e. The van der Waals surface area contributed by atoms with Gasteiger partial charge in [-0.3, -0.25) is 9.59 Å². The normalized spacial score (nSPS) is 12.4. The molecule has 0 saturated heterocycles. The van der Waals surface area contributed by atoms with Gasteiger partial charge in [-0.1, -0.05) is 54.5 Å². The first-order chi connectivity index (χ1) is 17.9. The van der Waals surface area contributed by atoms with Crippen LogP contribution in [0, 0.1) is 12.3 Å². The number of fused-ring (bicyclic) bond motifs is 3. The summed E-state index contributed by atoms with van der Waals surface area (Å²) in [5.41, 5.74) is 4.35. The van der Waals surface area contributed by atoms with Gasteiger partial charge in [0.25, 0.3) is 0 Å². The Balaban J connectivity index is 1.39. The molecule has 0 bridgehead atoms. The zero-order chi connectivity index (χ0) is 26.6. The van der Waals surface area contributed by atoms with Gasteiger partial charge in [0, 0.05) is 25.3 Å². The molecular formula is C28H31N3O6. The predicted molar refractivity (Wildman–Crippen MR) is 138 cm³/mol. The number of rotatable bonds is 13. The van der Waals surface area contributed by atoms with E-state index in [9.17, 15) is 24.3 Å². The molecule has 37 heavy (non-hydrogen) atoms. The van der Waals surface area contributed by atoms with Crippen LogP contribution in [0.4, 0.5) is 4.79 Å². The number of aliphatic carboxylic acids is 1. The highest BCUT2D eigenvalue weighted by Crippen LogP contribution is 2.44. The van der Waals surface area contributed by atoms with E-state index >= 15 is 0 Å². The molecule has 9 nitrogen and oxygen atoms in total. The Morgan fingerprint density at radius 2 is 1.51 bits per heavy atom. The fourth-order valence-corrected chi connectivity index (χ4v) is 4.29. The SMILES string of the molecule is C#CCNC(=O)CCC(=O)NCCCC[C@H](NC(=O)OCC1c2ccccc2-c2ccccc21)C(=O)O. The van der Waals surface area contributed by atoms with Crippen molar-refractivity contribution in [2.45, 2.75) is 44.1 Å². The number of carboxylic acids is 1. The van der Waals surface area contributed by atoms with Crippen molar-refractivity contribution in [3.63, 3.8) is 0 Å². The minimum atomic E-state index is -1.16. The highest BCUT2D eigenvalue weighted by Gasteiger charge is 2.29. The van der Waals surface area contributed by atoms with Crippen LogP contribution in [0.3, 0.4) is 0 Å². The number of terminal acetylenes is 1. The van der Waals surface area contributed by atoms with E-state index in [1.165, 1.54) is 0 Å². The molecule has 0 saturated carbocycles. The van der Waals surface area contributed by atoms with Gasteiger partial charge in [0.2, 0.25) is 11.8 Å². The summed E-state index contributed by atoms with van der Waals surface area (Å²) in [5.74, 6) is 0.438. The van der Waals surface area contributed by atoms with Gasteiger partial charge >= 0.3 is 12.1 Å². The molecule has 0 heterocycles. The lowest BCUT2D eigenvalue weighted by molar-refractivity contribution is -0.139. The Bertz CT molecular complexity index is 1130. The Labute approximate surface area is 216 Å². The molecule has 1 aliphatic carbocycles. The summed E-state index contributed by atoms with van der Waals surface area (Å²) in [6.07, 6.45) is 5.51. The van der Waals surface area contributed by atoms with Crippen molar-refractivity contribution in [1.29, 1.82) is 0 Å². The van der Waals surface area contributed by atoms with Crippen molar-refractivity contribution in [2.75, 3.05) is 19.7 Å². The third-order valence-corrected chi connectivity index (χ3v) is 6.14. The van der Waals surface area contributed by atoms with Gasteiger partial charge in [-0.25, -0.2) is 9.59 Å². The summed E-state index contributed by atoms with van der Waals surface area (Å²) in [6.45, 7) is 0.552. The molecule has 2 aromatic carbocycles. The lowest BCUT2D eigenvalue weighted by atomic mass is 9.98. The third kappa shape index (κ3) is 7.84. The Hall–Kier alpha value is -4.32. The minimum absolute atomic E-state index is 0.0392. The van der Waals surface area contributed by atoms with Crippen LogP contribution in [0.5, 0.6) is 0 Å². The van der Waals surface area contributed by atoms with Crippen molar-refractivity contribution in [2.24, 2.45) is 0 Å². The number of carbonyl (C=O) groups excluding carboxylic acids is 3. The van der Waals surface area contributed by atoms with Crippen LogP contribution < -0.4 is 16.0 Å². The summed E-state index contributed by atoms with van der Waals surface area (Å²) in [4.78, 5) is 47.3. The second kappa shape index (κ2) is 13.7. The molecule has 0 fully saturated rings. The molecule has 1 aliphatic rings. The maximum absolute atomic E-state index is 12.4. The molecule has 0 aliphatic heterocycles. The number of carboxylic acid groups (broad SMARTS) is 1. The fraction of sp³-hybridized carbons (Fsp3) is 0.357. The maximum Gasteiger partial charge on any atom is 0.407 e. The maximum atomic E-state index is 12.4. The summed E-state index contributed by atoms with van der Waals surface area (Å²) in [5, 5.41) is 17.1. The summed E-state index contributed by atoms with van der Waals surface area (Å²) in [7, 11) is 0. The second-order valence-electron chi connectivity index (χ2n) is 8.69. The Kier molecular flexibility index (Phi) is 10.1. The van der Waals surface area contributed by atoms with Crippen molar-refractivity contribution in [1.82, 2.24) is 16.0 Å². The molecule has 0 spiro atoms. The second-order valence-corrected chi connectivity index (χ2v) is 8.69. The van der Waals surface area contributed by atoms with E-state index in [2.05, 4.69) is 21.9 Å². The molecule has 2 aromatic rings. The Morgan fingerprint density at radius 1 is 0.919 bits per heavy atom. The van der Waals surface area contributed by atoms with Crippen LogP contribution in [-0.4, -0.2) is 54.7 Å². The van der Waals surface area contributed by atoms with Crippen molar-refractivity contribution in [3.05, 3.63) is 59.7 Å². The van der Waals surface area contributed by atoms with Crippen molar-refractivity contribution >= 4 is 23.9 Å². The van der Waals surface area contributed by atoms with Gasteiger partial charge in [-0.05, 0) is 41.5 Å². The van der Waals surface area contributed by atoms with Crippen LogP contribution in [0.25, 0.3) is 11.1 Å². The number of hydrogen-bond donors (Lipinski definition) is 4. The zero-order valence-corrected chi connectivity index (χ0v) is 20.5. The van der Waals surface area contributed by atoms with Gasteiger partial charge in [-0.15, -0.1) is 6.42 Å². The molecule has 3 rings (SSSR count). The topological polar surface area (TPSA) is 134 Å². The highest BCUT2D eigenvalue weighted by molar-refractivity contribution is 5.84. The molecule has 9 heteroatoms. The summed E-state index contributed by atoms with van der Waals surface area (Å²) in [6, 6.07) is 14.8. The van der Waals surface area contributed by atoms with Gasteiger partial charge in [0.15, 0.2) is 0 Å². The van der Waals surface area contributed by atoms with Gasteiger partial charge < -0.3 is 25.8 Å². The van der Waals surface area contributed by atoms with Gasteiger partial charge in [-0.2, -0.15) is 0 Å². The van der Waals surface area contributed by atoms with E-state index in [-0.39, 0.29) is 50.1 Å². The average Bonchev–Trinajstić information content (AvgIpc) is 3.22. The molecule has 3 amide bonds. The fourth-order valence-electron chi connectivity index (χ4n) is 4.29. The first kappa shape index (κ1) is 27.3. The standard InChI is InChI=1S/C28H31N3O6/c1-2-16-29-25(32)14-15-26(33)30-17-8-7-13-24(27(34)35)31-28(36)37-18-23-21-11-5-3-9-19(21)20-10-4-6-12-22(20)23/h1,3-6,9-12,23-24H,7-8,13-18H2,(H,29,32)(H,30,33)(H,31,36)(H,34,35)/t24-/m0/s1. The van der Waals surface area contributed by atoms with Crippen LogP contribution in [0.1, 0.15) is 49.1 Å². The van der Waals surface area contributed by atoms with Crippen LogP contribution in [-0.2, 0) is 19.1 Å². The quantitative estimate of drug-likeness (QED) is 0.244.